The first-order valence-electron chi connectivity index (χ1n) is 10.7. The third-order valence-electron chi connectivity index (χ3n) is 5.99. The number of aromatic nitrogens is 3. The highest BCUT2D eigenvalue weighted by molar-refractivity contribution is 6.16. The smallest absolute Gasteiger partial charge is 0.290 e. The number of para-hydroxylation sites is 2. The largest absolute Gasteiger partial charge is 0.503 e. The van der Waals surface area contributed by atoms with Crippen LogP contribution in [0.4, 0.5) is 0 Å². The number of nitrogens with zero attached hydrogens (tertiary/aromatic N) is 4. The summed E-state index contributed by atoms with van der Waals surface area (Å²) in [5.74, 6) is -1.44. The maximum absolute atomic E-state index is 13.4. The highest BCUT2D eigenvalue weighted by Gasteiger charge is 2.43. The summed E-state index contributed by atoms with van der Waals surface area (Å²) in [6.45, 7) is 2.75. The fourth-order valence-electron chi connectivity index (χ4n) is 4.27. The van der Waals surface area contributed by atoms with Gasteiger partial charge >= 0.3 is 0 Å². The van der Waals surface area contributed by atoms with Crippen molar-refractivity contribution < 1.29 is 14.7 Å². The number of hydrogen-bond acceptors (Lipinski definition) is 5. The summed E-state index contributed by atoms with van der Waals surface area (Å²) in [6, 6.07) is 17.9. The van der Waals surface area contributed by atoms with Crippen LogP contribution in [-0.4, -0.2) is 42.8 Å². The number of carbonyl (C=O) groups is 2. The van der Waals surface area contributed by atoms with Crippen molar-refractivity contribution in [2.45, 2.75) is 19.5 Å². The number of aliphatic hydroxyl groups excluding tert-OH is 1. The van der Waals surface area contributed by atoms with Crippen LogP contribution in [-0.2, 0) is 11.3 Å². The number of aryl methyl sites for hydroxylation is 1. The summed E-state index contributed by atoms with van der Waals surface area (Å²) in [4.78, 5) is 36.4. The number of Topliss-reactive ketones (excluding diaryl/α,β-unsaturated/α-hetero) is 1. The number of ketones is 1. The molecule has 1 unspecified atom stereocenters. The third-order valence-corrected chi connectivity index (χ3v) is 5.99. The summed E-state index contributed by atoms with van der Waals surface area (Å²) in [5, 5.41) is 10.8. The van der Waals surface area contributed by atoms with Crippen molar-refractivity contribution in [3.8, 4) is 0 Å². The van der Waals surface area contributed by atoms with Gasteiger partial charge in [0.1, 0.15) is 0 Å². The quantitative estimate of drug-likeness (QED) is 0.460. The summed E-state index contributed by atoms with van der Waals surface area (Å²) in [6.07, 6.45) is 4.78. The normalized spacial score (nSPS) is 16.1. The lowest BCUT2D eigenvalue weighted by molar-refractivity contribution is -0.129. The number of rotatable bonds is 6. The zero-order chi connectivity index (χ0) is 22.9. The number of fused-ring (bicyclic) bond motifs is 1. The van der Waals surface area contributed by atoms with Crippen LogP contribution >= 0.6 is 0 Å². The van der Waals surface area contributed by atoms with Gasteiger partial charge in [0.25, 0.3) is 5.91 Å². The Hall–Kier alpha value is -4.26. The zero-order valence-corrected chi connectivity index (χ0v) is 18.0. The standard InChI is InChI=1S/C26H22N4O3/c1-17-6-8-18(9-7-17)23-22(24(31)19-10-12-27-13-11-19)25(32)26(33)30(23)15-14-29-16-28-20-4-2-3-5-21(20)29/h2-13,16,23,32H,14-15H2,1H3. The molecule has 33 heavy (non-hydrogen) atoms. The molecule has 0 bridgehead atoms. The Morgan fingerprint density at radius 2 is 1.73 bits per heavy atom. The molecule has 7 nitrogen and oxygen atoms in total. The Balaban J connectivity index is 1.52. The predicted octanol–water partition coefficient (Wildman–Crippen LogP) is 4.02. The monoisotopic (exact) mass is 438 g/mol. The third kappa shape index (κ3) is 3.67. The first kappa shape index (κ1) is 20.6. The second kappa shape index (κ2) is 8.35. The van der Waals surface area contributed by atoms with E-state index in [1.54, 1.807) is 23.4 Å². The Morgan fingerprint density at radius 1 is 1.00 bits per heavy atom. The van der Waals surface area contributed by atoms with Crippen LogP contribution < -0.4 is 0 Å². The SMILES string of the molecule is Cc1ccc(C2C(C(=O)c3ccncc3)=C(O)C(=O)N2CCn2cnc3ccccc32)cc1. The van der Waals surface area contributed by atoms with Crippen LogP contribution in [0.5, 0.6) is 0 Å². The van der Waals surface area contributed by atoms with Gasteiger partial charge in [0, 0.05) is 31.0 Å². The molecule has 2 aromatic carbocycles. The minimum atomic E-state index is -0.687. The number of benzene rings is 2. The minimum absolute atomic E-state index is 0.0885. The number of amides is 1. The highest BCUT2D eigenvalue weighted by atomic mass is 16.3. The van der Waals surface area contributed by atoms with E-state index in [2.05, 4.69) is 9.97 Å². The summed E-state index contributed by atoms with van der Waals surface area (Å²) in [7, 11) is 0. The molecular weight excluding hydrogens is 416 g/mol. The van der Waals surface area contributed by atoms with Crippen LogP contribution in [0, 0.1) is 6.92 Å². The lowest BCUT2D eigenvalue weighted by Crippen LogP contribution is -2.34. The summed E-state index contributed by atoms with van der Waals surface area (Å²) >= 11 is 0. The van der Waals surface area contributed by atoms with Crippen molar-refractivity contribution in [3.05, 3.63) is 107 Å². The maximum atomic E-state index is 13.4. The maximum Gasteiger partial charge on any atom is 0.290 e. The van der Waals surface area contributed by atoms with Gasteiger partial charge in [0.05, 0.1) is 29.0 Å². The predicted molar refractivity (Wildman–Crippen MR) is 124 cm³/mol. The van der Waals surface area contributed by atoms with Crippen molar-refractivity contribution in [1.82, 2.24) is 19.4 Å². The van der Waals surface area contributed by atoms with Crippen molar-refractivity contribution in [2.24, 2.45) is 0 Å². The summed E-state index contributed by atoms with van der Waals surface area (Å²) in [5.41, 5.74) is 4.13. The van der Waals surface area contributed by atoms with Crippen molar-refractivity contribution in [1.29, 1.82) is 0 Å². The Bertz CT molecular complexity index is 1370. The van der Waals surface area contributed by atoms with Crippen LogP contribution in [0.1, 0.15) is 27.5 Å². The van der Waals surface area contributed by atoms with E-state index in [0.717, 1.165) is 22.2 Å². The molecule has 1 atom stereocenters. The molecule has 5 rings (SSSR count). The Morgan fingerprint density at radius 3 is 2.48 bits per heavy atom. The van der Waals surface area contributed by atoms with Gasteiger partial charge in [-0.2, -0.15) is 0 Å². The van der Waals surface area contributed by atoms with Gasteiger partial charge in [-0.1, -0.05) is 42.0 Å². The molecule has 0 aliphatic carbocycles. The van der Waals surface area contributed by atoms with Crippen molar-refractivity contribution >= 4 is 22.7 Å². The molecule has 4 aromatic rings. The highest BCUT2D eigenvalue weighted by Crippen LogP contribution is 2.39. The topological polar surface area (TPSA) is 88.3 Å². The zero-order valence-electron chi connectivity index (χ0n) is 18.0. The second-order valence-corrected chi connectivity index (χ2v) is 8.07. The van der Waals surface area contributed by atoms with Crippen molar-refractivity contribution in [3.63, 3.8) is 0 Å². The van der Waals surface area contributed by atoms with E-state index in [1.165, 1.54) is 12.4 Å². The molecule has 2 aromatic heterocycles. The van der Waals surface area contributed by atoms with E-state index in [-0.39, 0.29) is 11.4 Å². The van der Waals surface area contributed by atoms with E-state index >= 15 is 0 Å². The first-order chi connectivity index (χ1) is 16.0. The lowest BCUT2D eigenvalue weighted by atomic mass is 9.92. The van der Waals surface area contributed by atoms with Gasteiger partial charge in [-0.15, -0.1) is 0 Å². The van der Waals surface area contributed by atoms with E-state index in [9.17, 15) is 14.7 Å². The average Bonchev–Trinajstić information content (AvgIpc) is 3.37. The van der Waals surface area contributed by atoms with E-state index in [4.69, 9.17) is 0 Å². The number of hydrogen-bond donors (Lipinski definition) is 1. The van der Waals surface area contributed by atoms with Gasteiger partial charge in [-0.3, -0.25) is 14.6 Å². The van der Waals surface area contributed by atoms with E-state index in [0.29, 0.717) is 18.7 Å². The Kier molecular flexibility index (Phi) is 5.22. The molecule has 164 valence electrons. The number of pyridine rings is 1. The van der Waals surface area contributed by atoms with E-state index in [1.807, 2.05) is 60.0 Å². The lowest BCUT2D eigenvalue weighted by Gasteiger charge is -2.27. The number of aliphatic hydroxyl groups is 1. The Labute approximate surface area is 190 Å². The fraction of sp³-hybridized carbons (Fsp3) is 0.154. The number of imidazole rings is 1. The molecule has 0 radical (unpaired) electrons. The van der Waals surface area contributed by atoms with Gasteiger partial charge in [-0.25, -0.2) is 4.98 Å². The van der Waals surface area contributed by atoms with Crippen LogP contribution in [0.3, 0.4) is 0 Å². The molecule has 0 fully saturated rings. The van der Waals surface area contributed by atoms with Crippen LogP contribution in [0.2, 0.25) is 0 Å². The number of carbonyl (C=O) groups excluding carboxylic acids is 2. The first-order valence-corrected chi connectivity index (χ1v) is 10.7. The van der Waals surface area contributed by atoms with Gasteiger partial charge < -0.3 is 14.6 Å². The summed E-state index contributed by atoms with van der Waals surface area (Å²) < 4.78 is 1.97. The molecular formula is C26H22N4O3. The molecule has 0 saturated carbocycles. The molecule has 1 amide bonds. The van der Waals surface area contributed by atoms with Crippen LogP contribution in [0.15, 0.2) is 90.7 Å². The van der Waals surface area contributed by atoms with Crippen molar-refractivity contribution in [2.75, 3.05) is 6.54 Å². The molecule has 1 N–H and O–H groups in total. The molecule has 0 saturated heterocycles. The van der Waals surface area contributed by atoms with Gasteiger partial charge in [-0.05, 0) is 36.8 Å². The average molecular weight is 438 g/mol. The van der Waals surface area contributed by atoms with Gasteiger partial charge in [0.2, 0.25) is 0 Å². The second-order valence-electron chi connectivity index (χ2n) is 8.07. The van der Waals surface area contributed by atoms with E-state index < -0.39 is 17.7 Å². The molecule has 3 heterocycles. The molecule has 7 heteroatoms. The minimum Gasteiger partial charge on any atom is -0.503 e. The molecule has 1 aliphatic rings. The van der Waals surface area contributed by atoms with Gasteiger partial charge in [0.15, 0.2) is 11.5 Å². The fourth-order valence-corrected chi connectivity index (χ4v) is 4.27. The molecule has 0 spiro atoms. The molecule has 1 aliphatic heterocycles. The van der Waals surface area contributed by atoms with Crippen LogP contribution in [0.25, 0.3) is 11.0 Å².